The lowest BCUT2D eigenvalue weighted by atomic mass is 10.1. The number of aliphatic hydroxyl groups is 1. The highest BCUT2D eigenvalue weighted by Gasteiger charge is 2.33. The van der Waals surface area contributed by atoms with E-state index in [2.05, 4.69) is 32.4 Å². The number of carbonyl (C=O) groups excluding carboxylic acids is 2. The Hall–Kier alpha value is -3.45. The molecule has 2 aromatic rings. The van der Waals surface area contributed by atoms with Gasteiger partial charge in [0.15, 0.2) is 6.17 Å². The lowest BCUT2D eigenvalue weighted by Crippen LogP contribution is -2.50. The highest BCUT2D eigenvalue weighted by Crippen LogP contribution is 2.32. The van der Waals surface area contributed by atoms with Crippen LogP contribution in [0.2, 0.25) is 10.0 Å². The van der Waals surface area contributed by atoms with Crippen LogP contribution in [0.25, 0.3) is 0 Å². The van der Waals surface area contributed by atoms with Gasteiger partial charge in [0.2, 0.25) is 5.84 Å². The molecular formula is C25H23Cl2N5O4. The Labute approximate surface area is 218 Å². The molecule has 2 amide bonds. The van der Waals surface area contributed by atoms with Gasteiger partial charge in [-0.3, -0.25) is 9.59 Å². The molecule has 0 fully saturated rings. The van der Waals surface area contributed by atoms with Crippen LogP contribution in [0.3, 0.4) is 0 Å². The maximum absolute atomic E-state index is 13.1. The van der Waals surface area contributed by atoms with E-state index in [1.165, 1.54) is 4.90 Å². The number of hydrogen-bond donors (Lipinski definition) is 2. The fraction of sp³-hybridized carbons (Fsp3) is 0.320. The van der Waals surface area contributed by atoms with E-state index in [0.29, 0.717) is 32.6 Å². The Morgan fingerprint density at radius 3 is 2.69 bits per heavy atom. The van der Waals surface area contributed by atoms with Gasteiger partial charge in [0.25, 0.3) is 11.8 Å². The smallest absolute Gasteiger partial charge is 0.291 e. The van der Waals surface area contributed by atoms with Crippen LogP contribution < -0.4 is 15.0 Å². The first kappa shape index (κ1) is 25.6. The number of amidine groups is 1. The summed E-state index contributed by atoms with van der Waals surface area (Å²) >= 11 is 12.4. The summed E-state index contributed by atoms with van der Waals surface area (Å²) in [5.41, 5.74) is 0.605. The maximum Gasteiger partial charge on any atom is 0.291 e. The summed E-state index contributed by atoms with van der Waals surface area (Å²) in [6.45, 7) is 3.08. The Kier molecular flexibility index (Phi) is 7.31. The van der Waals surface area contributed by atoms with Crippen molar-refractivity contribution in [2.75, 3.05) is 18.6 Å². The van der Waals surface area contributed by atoms with Crippen LogP contribution in [0.15, 0.2) is 51.6 Å². The molecule has 1 unspecified atom stereocenters. The van der Waals surface area contributed by atoms with Crippen LogP contribution in [0, 0.1) is 11.8 Å². The van der Waals surface area contributed by atoms with Crippen LogP contribution in [0.5, 0.6) is 5.75 Å². The minimum Gasteiger partial charge on any atom is -0.489 e. The molecule has 0 aromatic heterocycles. The van der Waals surface area contributed by atoms with Crippen molar-refractivity contribution in [3.63, 3.8) is 0 Å². The topological polar surface area (TPSA) is 116 Å². The normalized spacial score (nSPS) is 19.0. The van der Waals surface area contributed by atoms with E-state index < -0.39 is 23.7 Å². The van der Waals surface area contributed by atoms with Crippen LogP contribution in [-0.4, -0.2) is 54.2 Å². The predicted molar refractivity (Wildman–Crippen MR) is 137 cm³/mol. The number of nitrogens with one attached hydrogen (secondary N) is 1. The Balaban J connectivity index is 1.45. The molecule has 2 heterocycles. The summed E-state index contributed by atoms with van der Waals surface area (Å²) in [7, 11) is 1.58. The molecule has 0 bridgehead atoms. The zero-order chi connectivity index (χ0) is 26.0. The lowest BCUT2D eigenvalue weighted by molar-refractivity contribution is -0.124. The van der Waals surface area contributed by atoms with Gasteiger partial charge in [0.05, 0.1) is 5.69 Å². The second kappa shape index (κ2) is 10.3. The van der Waals surface area contributed by atoms with E-state index in [-0.39, 0.29) is 24.8 Å². The molecule has 4 rings (SSSR count). The van der Waals surface area contributed by atoms with E-state index in [4.69, 9.17) is 27.9 Å². The first-order valence-electron chi connectivity index (χ1n) is 11.0. The number of rotatable bonds is 4. The second-order valence-electron chi connectivity index (χ2n) is 8.78. The molecular weight excluding hydrogens is 505 g/mol. The minimum atomic E-state index is -1.15. The maximum atomic E-state index is 13.1. The number of ether oxygens (including phenoxy) is 1. The predicted octanol–water partition coefficient (Wildman–Crippen LogP) is 3.39. The van der Waals surface area contributed by atoms with E-state index in [1.807, 2.05) is 0 Å². The summed E-state index contributed by atoms with van der Waals surface area (Å²) in [4.78, 5) is 31.5. The molecule has 0 radical (unpaired) electrons. The lowest BCUT2D eigenvalue weighted by Gasteiger charge is -2.20. The van der Waals surface area contributed by atoms with Crippen molar-refractivity contribution in [3.05, 3.63) is 57.6 Å². The van der Waals surface area contributed by atoms with Crippen molar-refractivity contribution in [2.24, 2.45) is 15.2 Å². The summed E-state index contributed by atoms with van der Waals surface area (Å²) in [6, 6.07) is 9.29. The van der Waals surface area contributed by atoms with Gasteiger partial charge >= 0.3 is 0 Å². The zero-order valence-corrected chi connectivity index (χ0v) is 21.3. The third-order valence-electron chi connectivity index (χ3n) is 5.38. The highest BCUT2D eigenvalue weighted by atomic mass is 35.5. The fourth-order valence-electron chi connectivity index (χ4n) is 3.54. The van der Waals surface area contributed by atoms with E-state index in [0.717, 1.165) is 0 Å². The first-order valence-corrected chi connectivity index (χ1v) is 11.8. The minimum absolute atomic E-state index is 0.0836. The number of anilines is 1. The Morgan fingerprint density at radius 1 is 1.28 bits per heavy atom. The Bertz CT molecular complexity index is 1320. The monoisotopic (exact) mass is 527 g/mol. The second-order valence-corrected chi connectivity index (χ2v) is 9.59. The number of nitrogens with zero attached hydrogens (tertiary/aromatic N) is 4. The number of fused-ring (bicyclic) bond motifs is 1. The standard InChI is InChI=1S/C25H23Cl2N5O4/c1-25(2,35)10-9-14-7-8-20-19(11-14)32(3)24(34)18(13-36-20)28-23(33)22-29-21(30-31-22)12-15-16(26)5-4-6-17(15)27/h4-8,11,18,21,35H,12-13H2,1-3H3,(H,28,33)/t18-,21?/m0/s1. The molecule has 0 spiro atoms. The molecule has 2 aromatic carbocycles. The first-order chi connectivity index (χ1) is 17.0. The van der Waals surface area contributed by atoms with Gasteiger partial charge in [-0.05, 0) is 49.7 Å². The van der Waals surface area contributed by atoms with Gasteiger partial charge in [-0.15, -0.1) is 5.11 Å². The molecule has 36 heavy (non-hydrogen) atoms. The third kappa shape index (κ3) is 5.85. The molecule has 0 saturated heterocycles. The van der Waals surface area contributed by atoms with Crippen molar-refractivity contribution in [1.29, 1.82) is 0 Å². The van der Waals surface area contributed by atoms with Crippen molar-refractivity contribution in [1.82, 2.24) is 5.32 Å². The van der Waals surface area contributed by atoms with Crippen LogP contribution in [0.4, 0.5) is 5.69 Å². The summed E-state index contributed by atoms with van der Waals surface area (Å²) in [5.74, 6) is 4.90. The summed E-state index contributed by atoms with van der Waals surface area (Å²) in [5, 5.41) is 21.3. The number of aliphatic imine (C=N–C) groups is 1. The summed E-state index contributed by atoms with van der Waals surface area (Å²) in [6.07, 6.45) is -0.374. The van der Waals surface area contributed by atoms with Crippen molar-refractivity contribution in [3.8, 4) is 17.6 Å². The largest absolute Gasteiger partial charge is 0.489 e. The number of halogens is 2. The molecule has 9 nitrogen and oxygen atoms in total. The van der Waals surface area contributed by atoms with Gasteiger partial charge < -0.3 is 20.1 Å². The fourth-order valence-corrected chi connectivity index (χ4v) is 4.09. The van der Waals surface area contributed by atoms with Gasteiger partial charge in [0, 0.05) is 29.1 Å². The average Bonchev–Trinajstić information content (AvgIpc) is 3.26. The van der Waals surface area contributed by atoms with E-state index in [1.54, 1.807) is 57.3 Å². The van der Waals surface area contributed by atoms with Crippen molar-refractivity contribution < 1.29 is 19.4 Å². The number of azo groups is 1. The number of likely N-dealkylation sites (N-methyl/N-ethyl adjacent to an activating group) is 1. The van der Waals surface area contributed by atoms with Crippen molar-refractivity contribution >= 4 is 46.5 Å². The number of amides is 2. The van der Waals surface area contributed by atoms with Crippen molar-refractivity contribution in [2.45, 2.75) is 38.1 Å². The average molecular weight is 528 g/mol. The quantitative estimate of drug-likeness (QED) is 0.592. The van der Waals surface area contributed by atoms with Gasteiger partial charge in [0.1, 0.15) is 24.0 Å². The van der Waals surface area contributed by atoms with Gasteiger partial charge in [-0.2, -0.15) is 5.11 Å². The summed E-state index contributed by atoms with van der Waals surface area (Å²) < 4.78 is 5.79. The van der Waals surface area contributed by atoms with Gasteiger partial charge in [-0.1, -0.05) is 41.1 Å². The van der Waals surface area contributed by atoms with Crippen LogP contribution in [0.1, 0.15) is 25.0 Å². The SMILES string of the molecule is CN1C(=O)[C@@H](NC(=O)C2=NC(Cc3c(Cl)cccc3Cl)N=N2)COc2ccc(C#CC(C)(C)O)cc21. The molecule has 2 aliphatic heterocycles. The van der Waals surface area contributed by atoms with E-state index >= 15 is 0 Å². The third-order valence-corrected chi connectivity index (χ3v) is 6.09. The highest BCUT2D eigenvalue weighted by molar-refractivity contribution is 6.39. The van der Waals surface area contributed by atoms with Crippen LogP contribution in [-0.2, 0) is 16.0 Å². The van der Waals surface area contributed by atoms with Crippen LogP contribution >= 0.6 is 23.2 Å². The molecule has 0 aliphatic carbocycles. The molecule has 2 atom stereocenters. The zero-order valence-electron chi connectivity index (χ0n) is 19.7. The molecule has 0 saturated carbocycles. The van der Waals surface area contributed by atoms with Gasteiger partial charge in [-0.25, -0.2) is 4.99 Å². The molecule has 2 N–H and O–H groups in total. The molecule has 2 aliphatic rings. The van der Waals surface area contributed by atoms with E-state index in [9.17, 15) is 14.7 Å². The Morgan fingerprint density at radius 2 is 2.00 bits per heavy atom. The molecule has 11 heteroatoms. The number of benzene rings is 2. The molecule has 186 valence electrons. The number of hydrogen-bond acceptors (Lipinski definition) is 7. The number of carbonyl (C=O) groups is 2.